The molecule has 1 amide bonds. The molecule has 3 aromatic rings. The highest BCUT2D eigenvalue weighted by atomic mass is 32.1. The summed E-state index contributed by atoms with van der Waals surface area (Å²) in [4.78, 5) is 46.6. The van der Waals surface area contributed by atoms with Crippen molar-refractivity contribution in [2.75, 3.05) is 47.1 Å². The quantitative estimate of drug-likeness (QED) is 0.335. The van der Waals surface area contributed by atoms with Gasteiger partial charge in [0, 0.05) is 13.1 Å². The molecule has 232 valence electrons. The highest BCUT2D eigenvalue weighted by molar-refractivity contribution is 7.07. The summed E-state index contributed by atoms with van der Waals surface area (Å²) < 4.78 is 29.6. The number of ether oxygens (including phenoxy) is 5. The number of aromatic nitrogens is 1. The van der Waals surface area contributed by atoms with Gasteiger partial charge in [0.2, 0.25) is 0 Å². The molecule has 1 saturated heterocycles. The molecular formula is C32H35N3O8S. The molecule has 0 bridgehead atoms. The second kappa shape index (κ2) is 13.5. The predicted octanol–water partition coefficient (Wildman–Crippen LogP) is 2.44. The van der Waals surface area contributed by atoms with Crippen LogP contribution in [0.2, 0.25) is 0 Å². The van der Waals surface area contributed by atoms with E-state index in [0.717, 1.165) is 0 Å². The van der Waals surface area contributed by atoms with E-state index in [1.807, 2.05) is 12.1 Å². The van der Waals surface area contributed by atoms with Crippen molar-refractivity contribution in [3.8, 4) is 17.2 Å². The van der Waals surface area contributed by atoms with Crippen LogP contribution < -0.4 is 29.1 Å². The smallest absolute Gasteiger partial charge is 0.338 e. The number of rotatable bonds is 9. The molecule has 0 N–H and O–H groups in total. The average Bonchev–Trinajstić information content (AvgIpc) is 3.33. The number of hydrogen-bond acceptors (Lipinski definition) is 10. The van der Waals surface area contributed by atoms with Crippen LogP contribution in [0.1, 0.15) is 37.9 Å². The van der Waals surface area contributed by atoms with E-state index in [0.29, 0.717) is 75.3 Å². The Morgan fingerprint density at radius 3 is 2.57 bits per heavy atom. The van der Waals surface area contributed by atoms with E-state index >= 15 is 0 Å². The number of benzene rings is 2. The molecule has 0 spiro atoms. The summed E-state index contributed by atoms with van der Waals surface area (Å²) in [5.41, 5.74) is 1.84. The Balaban J connectivity index is 1.50. The van der Waals surface area contributed by atoms with Gasteiger partial charge in [-0.3, -0.25) is 14.2 Å². The van der Waals surface area contributed by atoms with Crippen molar-refractivity contribution in [3.05, 3.63) is 84.5 Å². The Kier molecular flexibility index (Phi) is 9.50. The molecule has 44 heavy (non-hydrogen) atoms. The lowest BCUT2D eigenvalue weighted by molar-refractivity contribution is -0.143. The first kappa shape index (κ1) is 31.0. The zero-order chi connectivity index (χ0) is 31.4. The Hall–Kier alpha value is -4.42. The third-order valence-electron chi connectivity index (χ3n) is 7.19. The third-order valence-corrected chi connectivity index (χ3v) is 8.18. The molecule has 5 rings (SSSR count). The normalized spacial score (nSPS) is 16.8. The fourth-order valence-corrected chi connectivity index (χ4v) is 6.12. The van der Waals surface area contributed by atoms with Crippen LogP contribution in [-0.4, -0.2) is 74.6 Å². The van der Waals surface area contributed by atoms with Crippen LogP contribution in [0.4, 0.5) is 0 Å². The summed E-state index contributed by atoms with van der Waals surface area (Å²) in [6, 6.07) is 11.7. The van der Waals surface area contributed by atoms with E-state index in [4.69, 9.17) is 23.7 Å². The maximum absolute atomic E-state index is 14.0. The van der Waals surface area contributed by atoms with Crippen molar-refractivity contribution in [1.29, 1.82) is 0 Å². The Labute approximate surface area is 258 Å². The number of thiazole rings is 1. The lowest BCUT2D eigenvalue weighted by Crippen LogP contribution is -2.43. The van der Waals surface area contributed by atoms with Gasteiger partial charge in [0.15, 0.2) is 22.9 Å². The van der Waals surface area contributed by atoms with Crippen LogP contribution in [0.25, 0.3) is 6.08 Å². The molecule has 2 aliphatic heterocycles. The number of morpholine rings is 1. The van der Waals surface area contributed by atoms with E-state index in [1.165, 1.54) is 23.0 Å². The Morgan fingerprint density at radius 2 is 1.86 bits per heavy atom. The summed E-state index contributed by atoms with van der Waals surface area (Å²) in [6.07, 6.45) is 1.39. The number of carbonyl (C=O) groups is 2. The number of amides is 1. The lowest BCUT2D eigenvalue weighted by Gasteiger charge is -2.26. The molecule has 2 aromatic carbocycles. The first-order valence-electron chi connectivity index (χ1n) is 14.2. The van der Waals surface area contributed by atoms with Gasteiger partial charge in [-0.1, -0.05) is 29.5 Å². The standard InChI is InChI=1S/C32H35N3O8S/c1-19(2)43-31(38)28-20(3)33-32-35(29(28)22-7-6-8-23(17-22)39-4)30(37)26(44-32)16-21-9-10-24(25(15-21)40-5)42-18-27(36)34-11-13-41-14-12-34/h6-10,15-17,19,29H,11-14,18H2,1-5H3/b26-16-/t29-/m1/s1. The van der Waals surface area contributed by atoms with Crippen LogP contribution in [0.5, 0.6) is 17.2 Å². The number of carbonyl (C=O) groups excluding carboxylic acids is 2. The minimum Gasteiger partial charge on any atom is -0.497 e. The largest absolute Gasteiger partial charge is 0.497 e. The van der Waals surface area contributed by atoms with Gasteiger partial charge in [0.05, 0.1) is 55.4 Å². The third kappa shape index (κ3) is 6.56. The Morgan fingerprint density at radius 1 is 1.09 bits per heavy atom. The van der Waals surface area contributed by atoms with Crippen LogP contribution in [0.15, 0.2) is 63.5 Å². The molecular weight excluding hydrogens is 586 g/mol. The highest BCUT2D eigenvalue weighted by Crippen LogP contribution is 2.33. The molecule has 0 unspecified atom stereocenters. The van der Waals surface area contributed by atoms with Crippen molar-refractivity contribution in [3.63, 3.8) is 0 Å². The fourth-order valence-electron chi connectivity index (χ4n) is 5.08. The first-order valence-corrected chi connectivity index (χ1v) is 15.1. The molecule has 1 atom stereocenters. The first-order chi connectivity index (χ1) is 21.2. The van der Waals surface area contributed by atoms with E-state index in [1.54, 1.807) is 69.2 Å². The molecule has 3 heterocycles. The second-order valence-corrected chi connectivity index (χ2v) is 11.5. The summed E-state index contributed by atoms with van der Waals surface area (Å²) in [7, 11) is 3.07. The van der Waals surface area contributed by atoms with Crippen molar-refractivity contribution in [2.24, 2.45) is 4.99 Å². The summed E-state index contributed by atoms with van der Waals surface area (Å²) in [6.45, 7) is 7.26. The number of allylic oxidation sites excluding steroid dienone is 1. The van der Waals surface area contributed by atoms with Crippen LogP contribution in [-0.2, 0) is 19.1 Å². The molecule has 1 aromatic heterocycles. The van der Waals surface area contributed by atoms with Crippen molar-refractivity contribution < 1.29 is 33.3 Å². The summed E-state index contributed by atoms with van der Waals surface area (Å²) in [5.74, 6) is 0.769. The van der Waals surface area contributed by atoms with Gasteiger partial charge in [-0.2, -0.15) is 0 Å². The predicted molar refractivity (Wildman–Crippen MR) is 164 cm³/mol. The molecule has 0 aliphatic carbocycles. The van der Waals surface area contributed by atoms with E-state index in [-0.39, 0.29) is 24.2 Å². The molecule has 11 nitrogen and oxygen atoms in total. The van der Waals surface area contributed by atoms with Crippen molar-refractivity contribution in [2.45, 2.75) is 32.9 Å². The van der Waals surface area contributed by atoms with Crippen LogP contribution >= 0.6 is 11.3 Å². The van der Waals surface area contributed by atoms with Gasteiger partial charge < -0.3 is 28.6 Å². The Bertz CT molecular complexity index is 1770. The molecule has 12 heteroatoms. The average molecular weight is 622 g/mol. The van der Waals surface area contributed by atoms with Crippen LogP contribution in [0.3, 0.4) is 0 Å². The maximum Gasteiger partial charge on any atom is 0.338 e. The lowest BCUT2D eigenvalue weighted by atomic mass is 9.95. The van der Waals surface area contributed by atoms with Gasteiger partial charge in [-0.25, -0.2) is 9.79 Å². The second-order valence-electron chi connectivity index (χ2n) is 10.5. The summed E-state index contributed by atoms with van der Waals surface area (Å²) >= 11 is 1.22. The minimum atomic E-state index is -0.760. The van der Waals surface area contributed by atoms with E-state index in [2.05, 4.69) is 4.99 Å². The van der Waals surface area contributed by atoms with Gasteiger partial charge in [-0.05, 0) is 62.2 Å². The number of hydrogen-bond donors (Lipinski definition) is 0. The van der Waals surface area contributed by atoms with E-state index in [9.17, 15) is 14.4 Å². The fraction of sp³-hybridized carbons (Fsp3) is 0.375. The van der Waals surface area contributed by atoms with Gasteiger partial charge in [-0.15, -0.1) is 0 Å². The van der Waals surface area contributed by atoms with E-state index < -0.39 is 12.0 Å². The molecule has 2 aliphatic rings. The number of methoxy groups -OCH3 is 2. The number of nitrogens with zero attached hydrogens (tertiary/aromatic N) is 3. The van der Waals surface area contributed by atoms with Gasteiger partial charge in [0.25, 0.3) is 11.5 Å². The highest BCUT2D eigenvalue weighted by Gasteiger charge is 2.34. The summed E-state index contributed by atoms with van der Waals surface area (Å²) in [5, 5.41) is 0. The van der Waals surface area contributed by atoms with Crippen molar-refractivity contribution in [1.82, 2.24) is 9.47 Å². The molecule has 0 radical (unpaired) electrons. The van der Waals surface area contributed by atoms with Crippen LogP contribution in [0, 0.1) is 0 Å². The number of fused-ring (bicyclic) bond motifs is 1. The minimum absolute atomic E-state index is 0.125. The monoisotopic (exact) mass is 621 g/mol. The maximum atomic E-state index is 14.0. The van der Waals surface area contributed by atoms with Crippen molar-refractivity contribution >= 4 is 29.3 Å². The topological polar surface area (TPSA) is 118 Å². The molecule has 0 saturated carbocycles. The number of esters is 1. The van der Waals surface area contributed by atoms with Gasteiger partial charge >= 0.3 is 5.97 Å². The zero-order valence-electron chi connectivity index (χ0n) is 25.3. The van der Waals surface area contributed by atoms with Gasteiger partial charge in [0.1, 0.15) is 5.75 Å². The SMILES string of the molecule is COc1cccc([C@@H]2C(C(=O)OC(C)C)=C(C)N=c3s/c(=C\c4ccc(OCC(=O)N5CCOCC5)c(OC)c4)c(=O)n32)c1. The molecule has 1 fully saturated rings. The zero-order valence-corrected chi connectivity index (χ0v) is 26.1.